The molecule has 12 aromatic rings. The number of aromatic nitrogens is 16. The highest BCUT2D eigenvalue weighted by Gasteiger charge is 2.30. The molecule has 0 unspecified atom stereocenters. The topological polar surface area (TPSA) is 351 Å². The minimum Gasteiger partial charge on any atom is -0.496 e. The summed E-state index contributed by atoms with van der Waals surface area (Å²) < 4.78 is 30.9. The molecule has 3 amide bonds. The number of hydrogen-bond donors (Lipinski definition) is 5. The molecule has 0 fully saturated rings. The first-order chi connectivity index (χ1) is 63.4. The first-order valence-corrected chi connectivity index (χ1v) is 47.1. The smallest absolute Gasteiger partial charge is 0.232 e. The maximum absolute atomic E-state index is 12.7. The Morgan fingerprint density at radius 3 is 0.926 bits per heavy atom. The average Bonchev–Trinajstić information content (AvgIpc) is 1.63. The first kappa shape index (κ1) is 108. The van der Waals surface area contributed by atoms with E-state index < -0.39 is 16.2 Å². The number of ether oxygens (including phenoxy) is 4. The van der Waals surface area contributed by atoms with Gasteiger partial charge in [-0.3, -0.25) is 60.1 Å². The zero-order valence-electron chi connectivity index (χ0n) is 83.0. The lowest BCUT2D eigenvalue weighted by molar-refractivity contribution is -0.123. The van der Waals surface area contributed by atoms with E-state index in [1.54, 1.807) is 67.8 Å². The van der Waals surface area contributed by atoms with Gasteiger partial charge in [-0.05, 0) is 102 Å². The molecule has 30 nitrogen and oxygen atoms in total. The second-order valence-electron chi connectivity index (χ2n) is 38.1. The van der Waals surface area contributed by atoms with E-state index >= 15 is 0 Å². The molecule has 720 valence electrons. The minimum absolute atomic E-state index is 0.106. The number of methoxy groups -OCH3 is 4. The highest BCUT2D eigenvalue weighted by molar-refractivity contribution is 14.1. The van der Waals surface area contributed by atoms with E-state index in [0.717, 1.165) is 137 Å². The number of nitrogens with one attached hydrogen (secondary N) is 3. The van der Waals surface area contributed by atoms with Crippen LogP contribution in [0.25, 0.3) is 44.1 Å². The molecule has 12 heterocycles. The van der Waals surface area contributed by atoms with Gasteiger partial charge in [-0.15, -0.1) is 0 Å². The average molecular weight is 2030 g/mol. The van der Waals surface area contributed by atoms with Crippen LogP contribution in [-0.4, -0.2) is 185 Å². The molecular weight excluding hydrogens is 1910 g/mol. The van der Waals surface area contributed by atoms with Crippen LogP contribution in [0, 0.1) is 134 Å². The molecule has 0 saturated carbocycles. The largest absolute Gasteiger partial charge is 0.496 e. The number of nitrogens with two attached hydrogens (primary N) is 1. The van der Waals surface area contributed by atoms with E-state index in [9.17, 15) is 14.4 Å². The number of amides is 3. The van der Waals surface area contributed by atoms with Crippen molar-refractivity contribution in [2.75, 3.05) is 96.0 Å². The van der Waals surface area contributed by atoms with E-state index in [-0.39, 0.29) is 58.4 Å². The van der Waals surface area contributed by atoms with Crippen LogP contribution in [0.3, 0.4) is 0 Å². The number of aryl methyl sites for hydroxylation is 4. The molecule has 0 spiro atoms. The number of hydrogen-bond acceptors (Lipinski definition) is 23. The van der Waals surface area contributed by atoms with E-state index in [2.05, 4.69) is 194 Å². The molecule has 0 atom stereocenters. The Morgan fingerprint density at radius 1 is 0.407 bits per heavy atom. The SMILES string of the molecule is COc1c(C)cnc(Cn2cc(C#CCN(CC(C)C)CC(C)C)c3c(Cl)nc(N)nc32)c1C.COc1c(C)cnc(Cn2cc(C#CCN(CC(C)C)CC(C)C)c3c(Cl)nc(NC(=O)C(C)(C)C)nc32)c1C.COc1c(C)cnc(Cn2cc(C#CCO)c3c(Cl)nc(NC(=O)C(C)(C)C)nc32)c1C.COc1c(C)cnc(Cn2cc(I)c3c(Cl)nc(NC(=O)C(C)(C)C)nc32)c1C. The number of nitrogen functional groups attached to an aromatic ring is 1. The van der Waals surface area contributed by atoms with Gasteiger partial charge in [0.15, 0.2) is 0 Å². The van der Waals surface area contributed by atoms with Gasteiger partial charge in [-0.25, -0.2) is 4.98 Å². The molecule has 0 radical (unpaired) electrons. The van der Waals surface area contributed by atoms with Crippen LogP contribution < -0.4 is 40.6 Å². The van der Waals surface area contributed by atoms with Crippen molar-refractivity contribution in [3.8, 4) is 58.5 Å². The number of aliphatic hydroxyl groups excluding tert-OH is 1. The molecule has 12 aromatic heterocycles. The van der Waals surface area contributed by atoms with Crippen molar-refractivity contribution in [1.29, 1.82) is 0 Å². The van der Waals surface area contributed by atoms with Crippen molar-refractivity contribution < 1.29 is 38.4 Å². The van der Waals surface area contributed by atoms with Crippen molar-refractivity contribution in [2.24, 2.45) is 39.9 Å². The summed E-state index contributed by atoms with van der Waals surface area (Å²) in [5.74, 6) is 24.4. The van der Waals surface area contributed by atoms with Gasteiger partial charge in [-0.1, -0.05) is 200 Å². The quantitative estimate of drug-likeness (QED) is 0.0202. The third-order valence-electron chi connectivity index (χ3n) is 21.5. The number of nitrogens with zero attached hydrogens (tertiary/aromatic N) is 18. The van der Waals surface area contributed by atoms with Crippen LogP contribution in [0.1, 0.15) is 202 Å². The van der Waals surface area contributed by atoms with Crippen LogP contribution in [0.15, 0.2) is 49.6 Å². The van der Waals surface area contributed by atoms with E-state index in [1.807, 2.05) is 146 Å². The summed E-state index contributed by atoms with van der Waals surface area (Å²) in [5, 5.41) is 21.1. The molecule has 0 aliphatic heterocycles. The molecule has 0 saturated heterocycles. The Balaban J connectivity index is 0.000000203. The number of carbonyl (C=O) groups excluding carboxylic acids is 3. The fraction of sp³-hybridized carbons (Fsp3) is 0.470. The monoisotopic (exact) mass is 2030 g/mol. The Morgan fingerprint density at radius 2 is 0.659 bits per heavy atom. The zero-order valence-corrected chi connectivity index (χ0v) is 88.2. The number of halogens is 5. The number of fused-ring (bicyclic) bond motifs is 4. The van der Waals surface area contributed by atoms with Crippen LogP contribution >= 0.6 is 69.0 Å². The van der Waals surface area contributed by atoms with E-state index in [1.165, 1.54) is 0 Å². The number of anilines is 4. The van der Waals surface area contributed by atoms with Gasteiger partial charge in [0.2, 0.25) is 41.5 Å². The number of rotatable bonds is 25. The summed E-state index contributed by atoms with van der Waals surface area (Å²) in [6, 6.07) is 0. The summed E-state index contributed by atoms with van der Waals surface area (Å²) in [5.41, 5.74) is 19.7. The number of aliphatic hydroxyl groups is 1. The van der Waals surface area contributed by atoms with Gasteiger partial charge in [0, 0.05) is 140 Å². The highest BCUT2D eigenvalue weighted by atomic mass is 127. The molecule has 6 N–H and O–H groups in total. The van der Waals surface area contributed by atoms with Gasteiger partial charge in [0.1, 0.15) is 72.8 Å². The summed E-state index contributed by atoms with van der Waals surface area (Å²) in [4.78, 5) is 96.1. The predicted octanol–water partition coefficient (Wildman–Crippen LogP) is 19.0. The van der Waals surface area contributed by atoms with E-state index in [4.69, 9.17) is 81.2 Å². The lowest BCUT2D eigenvalue weighted by Crippen LogP contribution is -2.31. The molecule has 0 bridgehead atoms. The van der Waals surface area contributed by atoms with Crippen LogP contribution in [0.2, 0.25) is 20.6 Å². The molecular formula is C100H127Cl4IN22O8. The minimum atomic E-state index is -0.621. The summed E-state index contributed by atoms with van der Waals surface area (Å²) in [6.07, 6.45) is 14.8. The maximum atomic E-state index is 12.7. The third kappa shape index (κ3) is 27.7. The van der Waals surface area contributed by atoms with Crippen LogP contribution in [0.4, 0.5) is 23.8 Å². The second-order valence-corrected chi connectivity index (χ2v) is 40.7. The molecule has 0 aliphatic rings. The fourth-order valence-corrected chi connectivity index (χ4v) is 17.1. The first-order valence-electron chi connectivity index (χ1n) is 44.5. The summed E-state index contributed by atoms with van der Waals surface area (Å²) in [7, 11) is 6.62. The Labute approximate surface area is 826 Å². The standard InChI is InChI=1S/C31H43ClN6O2.C26H35ClN6O.C23H26ClN5O3.C20H23ClIN5O2/c1-19(2)15-37(16-20(3)4)13-11-12-23-17-38(18-24-22(6)26(40-10)21(5)14-33-24)28-25(23)27(32)34-30(35-28)36-29(39)31(7,8)9;1-16(2)12-32(13-17(3)4)10-8-9-20-14-33(25-22(20)24(27)30-26(28)31-25)15-21-19(6)23(34-7)18(5)11-29-21;1-13-10-25-16(14(2)18(13)32-6)12-29-11-15(8-7-9-30)17-19(24)26-22(27-20(17)29)28-21(31)23(3,4)5;1-10-7-23-13(11(2)15(10)29-6)9-27-8-12(22)14-16(21)24-19(25-17(14)27)26-18(28)20(3,4)5/h14,17,19-20H,13,15-16,18H2,1-10H3,(H,34,35,36,39);11,14,16-17H,10,12-13,15H2,1-7H3,(H2,28,30,31);10-11,30H,9,12H2,1-6H3,(H,26,27,28,31);7-8H,9H2,1-6H3,(H,24,25,26,28). The van der Waals surface area contributed by atoms with Gasteiger partial charge >= 0.3 is 0 Å². The highest BCUT2D eigenvalue weighted by Crippen LogP contribution is 2.37. The Kier molecular flexibility index (Phi) is 37.2. The fourth-order valence-electron chi connectivity index (χ4n) is 15.0. The Bertz CT molecular complexity index is 6540. The van der Waals surface area contributed by atoms with Crippen LogP contribution in [-0.2, 0) is 40.6 Å². The molecule has 35 heteroatoms. The second kappa shape index (κ2) is 46.7. The van der Waals surface area contributed by atoms with Gasteiger partial charge in [-0.2, -0.15) is 34.9 Å². The summed E-state index contributed by atoms with van der Waals surface area (Å²) in [6.45, 7) is 56.8. The molecule has 135 heavy (non-hydrogen) atoms. The Hall–Kier alpha value is -11.1. The van der Waals surface area contributed by atoms with Crippen molar-refractivity contribution in [2.45, 2.75) is 199 Å². The van der Waals surface area contributed by atoms with E-state index in [0.29, 0.717) is 118 Å². The number of carbonyl (C=O) groups is 3. The lowest BCUT2D eigenvalue weighted by Gasteiger charge is -2.23. The van der Waals surface area contributed by atoms with Crippen molar-refractivity contribution in [3.63, 3.8) is 0 Å². The molecule has 0 aromatic carbocycles. The molecule has 12 rings (SSSR count). The normalized spacial score (nSPS) is 11.6. The maximum Gasteiger partial charge on any atom is 0.232 e. The van der Waals surface area contributed by atoms with Crippen LogP contribution in [0.5, 0.6) is 23.0 Å². The van der Waals surface area contributed by atoms with Gasteiger partial charge < -0.3 is 48.1 Å². The number of pyridine rings is 4. The lowest BCUT2D eigenvalue weighted by atomic mass is 9.96. The van der Waals surface area contributed by atoms with Crippen molar-refractivity contribution in [1.82, 2.24) is 87.9 Å². The molecule has 0 aliphatic carbocycles. The van der Waals surface area contributed by atoms with Crippen molar-refractivity contribution in [3.05, 3.63) is 158 Å². The zero-order chi connectivity index (χ0) is 99.9. The van der Waals surface area contributed by atoms with Gasteiger partial charge in [0.25, 0.3) is 0 Å². The predicted molar refractivity (Wildman–Crippen MR) is 549 cm³/mol. The van der Waals surface area contributed by atoms with Gasteiger partial charge in [0.05, 0.1) is 129 Å². The van der Waals surface area contributed by atoms with Crippen molar-refractivity contribution >= 4 is 155 Å². The summed E-state index contributed by atoms with van der Waals surface area (Å²) >= 11 is 28.3. The third-order valence-corrected chi connectivity index (χ3v) is 23.4.